The molecule has 0 saturated carbocycles. The van der Waals surface area contributed by atoms with Crippen molar-refractivity contribution in [1.29, 1.82) is 0 Å². The van der Waals surface area contributed by atoms with Crippen molar-refractivity contribution in [1.82, 2.24) is 0 Å². The van der Waals surface area contributed by atoms with Crippen molar-refractivity contribution < 1.29 is 28.8 Å². The number of methoxy groups -OCH3 is 1. The van der Waals surface area contributed by atoms with Crippen LogP contribution in [0.15, 0.2) is 34.7 Å². The topological polar surface area (TPSA) is 81.3 Å². The average Bonchev–Trinajstić information content (AvgIpc) is 3.16. The van der Waals surface area contributed by atoms with Gasteiger partial charge in [0.2, 0.25) is 6.79 Å². The summed E-state index contributed by atoms with van der Waals surface area (Å²) >= 11 is 0. The Morgan fingerprint density at radius 3 is 2.65 bits per heavy atom. The summed E-state index contributed by atoms with van der Waals surface area (Å²) in [5.41, 5.74) is 1.60. The van der Waals surface area contributed by atoms with E-state index in [4.69, 9.17) is 18.6 Å². The highest BCUT2D eigenvalue weighted by atomic mass is 16.7. The molecular formula is C17H14O6. The van der Waals surface area contributed by atoms with Gasteiger partial charge in [0.15, 0.2) is 11.5 Å². The number of benzene rings is 2. The molecular weight excluding hydrogens is 300 g/mol. The van der Waals surface area contributed by atoms with Gasteiger partial charge in [-0.25, -0.2) is 0 Å². The van der Waals surface area contributed by atoms with Gasteiger partial charge in [0.1, 0.15) is 22.8 Å². The molecule has 2 heterocycles. The first kappa shape index (κ1) is 13.8. The molecule has 0 bridgehead atoms. The second-order valence-electron chi connectivity index (χ2n) is 5.15. The van der Waals surface area contributed by atoms with Gasteiger partial charge in [0.05, 0.1) is 19.3 Å². The zero-order valence-electron chi connectivity index (χ0n) is 12.3. The van der Waals surface area contributed by atoms with Crippen LogP contribution in [-0.2, 0) is 6.61 Å². The van der Waals surface area contributed by atoms with E-state index in [-0.39, 0.29) is 19.1 Å². The van der Waals surface area contributed by atoms with Gasteiger partial charge in [-0.2, -0.15) is 0 Å². The Hall–Kier alpha value is -2.86. The van der Waals surface area contributed by atoms with Crippen LogP contribution < -0.4 is 14.2 Å². The Balaban J connectivity index is 1.95. The Bertz CT molecular complexity index is 896. The molecule has 2 N–H and O–H groups in total. The Labute approximate surface area is 131 Å². The van der Waals surface area contributed by atoms with Crippen molar-refractivity contribution in [2.75, 3.05) is 13.9 Å². The lowest BCUT2D eigenvalue weighted by molar-refractivity contribution is 0.174. The number of phenolic OH excluding ortho intramolecular Hbond substituents is 1. The molecule has 1 aromatic heterocycles. The van der Waals surface area contributed by atoms with E-state index in [1.54, 1.807) is 25.3 Å². The predicted octanol–water partition coefficient (Wildman–Crippen LogP) is 3.04. The number of ether oxygens (including phenoxy) is 3. The molecule has 0 unspecified atom stereocenters. The maximum Gasteiger partial charge on any atom is 0.231 e. The molecule has 0 saturated heterocycles. The lowest BCUT2D eigenvalue weighted by Crippen LogP contribution is -1.92. The van der Waals surface area contributed by atoms with Crippen LogP contribution in [0.5, 0.6) is 23.0 Å². The van der Waals surface area contributed by atoms with Crippen molar-refractivity contribution >= 4 is 11.0 Å². The zero-order chi connectivity index (χ0) is 16.0. The molecule has 0 aliphatic carbocycles. The third-order valence-electron chi connectivity index (χ3n) is 3.89. The van der Waals surface area contributed by atoms with Crippen LogP contribution in [0.4, 0.5) is 0 Å². The largest absolute Gasteiger partial charge is 0.507 e. The van der Waals surface area contributed by atoms with Gasteiger partial charge in [-0.1, -0.05) is 0 Å². The van der Waals surface area contributed by atoms with Crippen molar-refractivity contribution in [2.24, 2.45) is 0 Å². The summed E-state index contributed by atoms with van der Waals surface area (Å²) < 4.78 is 21.6. The fraction of sp³-hybridized carbons (Fsp3) is 0.176. The summed E-state index contributed by atoms with van der Waals surface area (Å²) in [6.07, 6.45) is 0. The van der Waals surface area contributed by atoms with Gasteiger partial charge < -0.3 is 28.8 Å². The van der Waals surface area contributed by atoms with E-state index in [2.05, 4.69) is 0 Å². The minimum Gasteiger partial charge on any atom is -0.507 e. The summed E-state index contributed by atoms with van der Waals surface area (Å²) in [6.45, 7) is -0.106. The van der Waals surface area contributed by atoms with E-state index in [1.165, 1.54) is 6.07 Å². The number of fused-ring (bicyclic) bond motifs is 2. The van der Waals surface area contributed by atoms with E-state index >= 15 is 0 Å². The molecule has 4 rings (SSSR count). The molecule has 2 aromatic carbocycles. The first-order valence-electron chi connectivity index (χ1n) is 7.04. The summed E-state index contributed by atoms with van der Waals surface area (Å²) in [6, 6.07) is 8.47. The maximum atomic E-state index is 10.3. The SMILES string of the molecule is COc1ccc2c(CO)c(-c3cc4c(cc3O)OCO4)oc2c1. The molecule has 1 aliphatic rings. The highest BCUT2D eigenvalue weighted by molar-refractivity contribution is 5.90. The van der Waals surface area contributed by atoms with Crippen LogP contribution in [0, 0.1) is 0 Å². The number of furan rings is 1. The lowest BCUT2D eigenvalue weighted by atomic mass is 10.0. The Kier molecular flexibility index (Phi) is 3.06. The van der Waals surface area contributed by atoms with Crippen molar-refractivity contribution in [3.05, 3.63) is 35.9 Å². The predicted molar refractivity (Wildman–Crippen MR) is 81.9 cm³/mol. The first-order valence-corrected chi connectivity index (χ1v) is 7.04. The molecule has 23 heavy (non-hydrogen) atoms. The summed E-state index contributed by atoms with van der Waals surface area (Å²) in [7, 11) is 1.57. The highest BCUT2D eigenvalue weighted by Gasteiger charge is 2.23. The van der Waals surface area contributed by atoms with Crippen LogP contribution in [0.3, 0.4) is 0 Å². The Morgan fingerprint density at radius 2 is 1.91 bits per heavy atom. The van der Waals surface area contributed by atoms with Gasteiger partial charge in [0, 0.05) is 23.1 Å². The number of aliphatic hydroxyl groups excluding tert-OH is 1. The Morgan fingerprint density at radius 1 is 1.13 bits per heavy atom. The standard InChI is InChI=1S/C17H14O6/c1-20-9-2-3-10-12(7-18)17(23-14(10)4-9)11-5-15-16(6-13(11)19)22-8-21-15/h2-6,18-19H,7-8H2,1H3. The van der Waals surface area contributed by atoms with E-state index in [0.29, 0.717) is 39.7 Å². The third-order valence-corrected chi connectivity index (χ3v) is 3.89. The molecule has 118 valence electrons. The van der Waals surface area contributed by atoms with Crippen molar-refractivity contribution in [2.45, 2.75) is 6.61 Å². The summed E-state index contributed by atoms with van der Waals surface area (Å²) in [5, 5.41) is 20.8. The van der Waals surface area contributed by atoms with Crippen LogP contribution >= 0.6 is 0 Å². The second-order valence-corrected chi connectivity index (χ2v) is 5.15. The smallest absolute Gasteiger partial charge is 0.231 e. The van der Waals surface area contributed by atoms with Crippen molar-refractivity contribution in [3.63, 3.8) is 0 Å². The molecule has 0 spiro atoms. The number of hydrogen-bond donors (Lipinski definition) is 2. The molecule has 0 radical (unpaired) electrons. The molecule has 3 aromatic rings. The van der Waals surface area contributed by atoms with Gasteiger partial charge >= 0.3 is 0 Å². The molecule has 0 atom stereocenters. The lowest BCUT2D eigenvalue weighted by Gasteiger charge is -2.05. The maximum absolute atomic E-state index is 10.3. The van der Waals surface area contributed by atoms with Crippen LogP contribution in [-0.4, -0.2) is 24.1 Å². The number of phenols is 1. The number of aliphatic hydroxyl groups is 1. The minimum absolute atomic E-state index is 0.00466. The van der Waals surface area contributed by atoms with Crippen molar-refractivity contribution in [3.8, 4) is 34.3 Å². The molecule has 6 nitrogen and oxygen atoms in total. The second kappa shape index (κ2) is 5.10. The van der Waals surface area contributed by atoms with Gasteiger partial charge in [-0.05, 0) is 18.2 Å². The number of rotatable bonds is 3. The molecule has 6 heteroatoms. The first-order chi connectivity index (χ1) is 11.2. The number of aromatic hydroxyl groups is 1. The quantitative estimate of drug-likeness (QED) is 0.773. The summed E-state index contributed by atoms with van der Waals surface area (Å²) in [4.78, 5) is 0. The van der Waals surface area contributed by atoms with E-state index in [0.717, 1.165) is 5.39 Å². The highest BCUT2D eigenvalue weighted by Crippen LogP contribution is 2.45. The number of hydrogen-bond acceptors (Lipinski definition) is 6. The van der Waals surface area contributed by atoms with Crippen LogP contribution in [0.1, 0.15) is 5.56 Å². The molecule has 1 aliphatic heterocycles. The molecule has 0 amide bonds. The van der Waals surface area contributed by atoms with Gasteiger partial charge in [-0.15, -0.1) is 0 Å². The van der Waals surface area contributed by atoms with Gasteiger partial charge in [-0.3, -0.25) is 0 Å². The van der Waals surface area contributed by atoms with Crippen LogP contribution in [0.2, 0.25) is 0 Å². The monoisotopic (exact) mass is 314 g/mol. The van der Waals surface area contributed by atoms with Crippen LogP contribution in [0.25, 0.3) is 22.3 Å². The average molecular weight is 314 g/mol. The minimum atomic E-state index is -0.220. The van der Waals surface area contributed by atoms with E-state index in [9.17, 15) is 10.2 Å². The summed E-state index contributed by atoms with van der Waals surface area (Å²) in [5.74, 6) is 2.05. The third kappa shape index (κ3) is 2.07. The fourth-order valence-electron chi connectivity index (χ4n) is 2.74. The van der Waals surface area contributed by atoms with E-state index in [1.807, 2.05) is 6.07 Å². The van der Waals surface area contributed by atoms with E-state index < -0.39 is 0 Å². The normalized spacial score (nSPS) is 12.8. The molecule has 0 fully saturated rings. The fourth-order valence-corrected chi connectivity index (χ4v) is 2.74. The van der Waals surface area contributed by atoms with Gasteiger partial charge in [0.25, 0.3) is 0 Å². The zero-order valence-corrected chi connectivity index (χ0v) is 12.3.